The number of likely N-dealkylation sites (N-methyl/N-ethyl adjacent to an activating group) is 1. The van der Waals surface area contributed by atoms with Gasteiger partial charge in [-0.2, -0.15) is 0 Å². The number of Topliss-reactive ketones (excluding diaryl/α,β-unsaturated/α-hetero) is 1. The van der Waals surface area contributed by atoms with Crippen LogP contribution in [0.25, 0.3) is 0 Å². The number of rotatable bonds is 10. The van der Waals surface area contributed by atoms with Gasteiger partial charge in [0.25, 0.3) is 0 Å². The van der Waals surface area contributed by atoms with E-state index in [-0.39, 0.29) is 69.9 Å². The van der Waals surface area contributed by atoms with E-state index in [0.717, 1.165) is 32.1 Å². The van der Waals surface area contributed by atoms with E-state index in [9.17, 15) is 24.3 Å². The van der Waals surface area contributed by atoms with E-state index in [1.165, 1.54) is 6.92 Å². The van der Waals surface area contributed by atoms with Crippen molar-refractivity contribution >= 4 is 23.5 Å². The molecule has 0 heterocycles. The number of aliphatic hydroxyl groups excluding tert-OH is 1. The van der Waals surface area contributed by atoms with Crippen LogP contribution in [-0.4, -0.2) is 73.0 Å². The van der Waals surface area contributed by atoms with Crippen LogP contribution in [0.3, 0.4) is 0 Å². The highest BCUT2D eigenvalue weighted by Gasteiger charge is 2.81. The summed E-state index contributed by atoms with van der Waals surface area (Å²) in [5, 5.41) is 11.6. The van der Waals surface area contributed by atoms with E-state index in [1.54, 1.807) is 25.9 Å². The van der Waals surface area contributed by atoms with Gasteiger partial charge in [0.2, 0.25) is 0 Å². The number of hydrogen-bond acceptors (Lipinski definition) is 8. The largest absolute Gasteiger partial charge is 0.464 e. The molecule has 0 bridgehead atoms. The molecule has 2 unspecified atom stereocenters. The average Bonchev–Trinajstić information content (AvgIpc) is 3.56. The van der Waals surface area contributed by atoms with Crippen LogP contribution in [0.15, 0.2) is 24.3 Å². The van der Waals surface area contributed by atoms with Crippen LogP contribution in [0.1, 0.15) is 80.1 Å². The molecule has 8 heteroatoms. The van der Waals surface area contributed by atoms with Gasteiger partial charge in [-0.05, 0) is 104 Å². The highest BCUT2D eigenvalue weighted by molar-refractivity contribution is 5.98. The molecule has 0 radical (unpaired) electrons. The smallest absolute Gasteiger partial charge is 0.320 e. The van der Waals surface area contributed by atoms with Crippen molar-refractivity contribution in [3.8, 4) is 0 Å². The molecule has 2 spiro atoms. The van der Waals surface area contributed by atoms with Gasteiger partial charge in [0, 0.05) is 24.7 Å². The van der Waals surface area contributed by atoms with Crippen molar-refractivity contribution in [3.63, 3.8) is 0 Å². The first kappa shape index (κ1) is 33.1. The molecule has 1 N–H and O–H groups in total. The van der Waals surface area contributed by atoms with Crippen LogP contribution in [0.2, 0.25) is 0 Å². The molecule has 244 valence electrons. The van der Waals surface area contributed by atoms with E-state index in [4.69, 9.17) is 9.47 Å². The Kier molecular flexibility index (Phi) is 8.40. The Morgan fingerprint density at radius 2 is 1.82 bits per heavy atom. The number of nitrogens with zero attached hydrogens (tertiary/aromatic N) is 1. The molecule has 4 fully saturated rings. The van der Waals surface area contributed by atoms with Crippen molar-refractivity contribution in [1.82, 2.24) is 4.90 Å². The van der Waals surface area contributed by atoms with Crippen molar-refractivity contribution in [2.45, 2.75) is 92.3 Å². The van der Waals surface area contributed by atoms with Crippen molar-refractivity contribution in [1.29, 1.82) is 0 Å². The molecule has 12 atom stereocenters. The number of hydrogen-bond donors (Lipinski definition) is 1. The number of esters is 2. The Balaban J connectivity index is 1.38. The summed E-state index contributed by atoms with van der Waals surface area (Å²) in [7, 11) is 3.55. The Labute approximate surface area is 263 Å². The van der Waals surface area contributed by atoms with Crippen LogP contribution in [-0.2, 0) is 28.7 Å². The van der Waals surface area contributed by atoms with Gasteiger partial charge in [-0.15, -0.1) is 0 Å². The minimum absolute atomic E-state index is 0.0127. The Morgan fingerprint density at radius 3 is 2.45 bits per heavy atom. The first-order valence-corrected chi connectivity index (χ1v) is 16.6. The number of allylic oxidation sites excluding steroid dienone is 2. The molecule has 5 aliphatic carbocycles. The summed E-state index contributed by atoms with van der Waals surface area (Å²) in [6, 6.07) is 0. The molecule has 0 aromatic rings. The van der Waals surface area contributed by atoms with Crippen LogP contribution in [0.5, 0.6) is 0 Å². The maximum Gasteiger partial charge on any atom is 0.320 e. The SMILES string of the molecule is C=C(C(=O)[C@H](O)[C@@H](C)[C@H]1[C@@H](OC(C)=O)C[C@@]2(C)C3CCC4[C@H](C)C(=O)C=C[C@@]45C[C@@]35CC[C@]12C)[C@@H](C)COC(=O)CN(C)C. The third-order valence-electron chi connectivity index (χ3n) is 13.5. The van der Waals surface area contributed by atoms with E-state index in [1.807, 2.05) is 13.0 Å². The fourth-order valence-electron chi connectivity index (χ4n) is 11.1. The zero-order valence-electron chi connectivity index (χ0n) is 28.0. The van der Waals surface area contributed by atoms with E-state index in [2.05, 4.69) is 33.4 Å². The van der Waals surface area contributed by atoms with Gasteiger partial charge in [0.05, 0.1) is 13.2 Å². The number of carbonyl (C=O) groups excluding carboxylic acids is 4. The molecule has 0 saturated heterocycles. The van der Waals surface area contributed by atoms with Gasteiger partial charge >= 0.3 is 11.9 Å². The molecule has 0 aromatic heterocycles. The second-order valence-corrected chi connectivity index (χ2v) is 15.9. The second-order valence-electron chi connectivity index (χ2n) is 15.9. The van der Waals surface area contributed by atoms with Crippen molar-refractivity contribution in [2.75, 3.05) is 27.2 Å². The second kappa shape index (κ2) is 11.2. The Bertz CT molecular complexity index is 1270. The maximum absolute atomic E-state index is 13.6. The number of ketones is 2. The molecular formula is C36H53NO7. The highest BCUT2D eigenvalue weighted by Crippen LogP contribution is 2.87. The lowest BCUT2D eigenvalue weighted by Gasteiger charge is -2.61. The summed E-state index contributed by atoms with van der Waals surface area (Å²) < 4.78 is 11.4. The standard InChI is InChI=1S/C36H53NO7/c1-20(18-43-29(40)17-37(8)9)21(2)31(41)32(42)23(4)30-27(44-24(5)38)16-34(7)28-11-10-25-22(3)26(39)12-13-35(25)19-36(28,35)15-14-33(30,34)6/h12-13,20,22-23,25,27-28,30,32,42H,2,10-11,14-19H2,1,3-9H3/t20-,22-,23-,25?,27-,28?,30-,32+,33+,34-,35+,36-/m0/s1. The van der Waals surface area contributed by atoms with Gasteiger partial charge in [0.15, 0.2) is 11.6 Å². The molecule has 5 aliphatic rings. The van der Waals surface area contributed by atoms with Gasteiger partial charge < -0.3 is 14.6 Å². The van der Waals surface area contributed by atoms with Crippen LogP contribution in [0, 0.1) is 57.2 Å². The fourth-order valence-corrected chi connectivity index (χ4v) is 11.1. The van der Waals surface area contributed by atoms with Crippen molar-refractivity contribution in [3.05, 3.63) is 24.3 Å². The topological polar surface area (TPSA) is 110 Å². The molecule has 8 nitrogen and oxygen atoms in total. The summed E-state index contributed by atoms with van der Waals surface area (Å²) in [4.78, 5) is 52.4. The van der Waals surface area contributed by atoms with Gasteiger partial charge in [0.1, 0.15) is 12.2 Å². The van der Waals surface area contributed by atoms with Crippen LogP contribution < -0.4 is 0 Å². The first-order valence-electron chi connectivity index (χ1n) is 16.6. The fraction of sp³-hybridized carbons (Fsp3) is 0.778. The third kappa shape index (κ3) is 4.76. The normalized spacial score (nSPS) is 42.2. The molecule has 0 aromatic carbocycles. The molecule has 5 rings (SSSR count). The summed E-state index contributed by atoms with van der Waals surface area (Å²) in [6.45, 7) is 16.0. The first-order chi connectivity index (χ1) is 20.5. The van der Waals surface area contributed by atoms with Crippen LogP contribution in [0.4, 0.5) is 0 Å². The number of ether oxygens (including phenoxy) is 2. The molecule has 0 aliphatic heterocycles. The Hall–Kier alpha value is -2.32. The number of aliphatic hydroxyl groups is 1. The third-order valence-corrected chi connectivity index (χ3v) is 13.5. The minimum atomic E-state index is -1.32. The molecule has 4 saturated carbocycles. The predicted molar refractivity (Wildman–Crippen MR) is 166 cm³/mol. The van der Waals surface area contributed by atoms with Gasteiger partial charge in [-0.1, -0.05) is 47.3 Å². The van der Waals surface area contributed by atoms with E-state index >= 15 is 0 Å². The van der Waals surface area contributed by atoms with Crippen molar-refractivity contribution < 1.29 is 33.8 Å². The lowest BCUT2D eigenvalue weighted by atomic mass is 9.43. The van der Waals surface area contributed by atoms with E-state index < -0.39 is 29.8 Å². The Morgan fingerprint density at radius 1 is 1.14 bits per heavy atom. The molecular weight excluding hydrogens is 558 g/mol. The van der Waals surface area contributed by atoms with Crippen molar-refractivity contribution in [2.24, 2.45) is 57.2 Å². The summed E-state index contributed by atoms with van der Waals surface area (Å²) in [6.07, 6.45) is 8.18. The average molecular weight is 612 g/mol. The lowest BCUT2D eigenvalue weighted by Crippen LogP contribution is -2.56. The van der Waals surface area contributed by atoms with Gasteiger partial charge in [-0.3, -0.25) is 24.1 Å². The molecule has 44 heavy (non-hydrogen) atoms. The predicted octanol–water partition coefficient (Wildman–Crippen LogP) is 4.79. The van der Waals surface area contributed by atoms with Gasteiger partial charge in [-0.25, -0.2) is 0 Å². The summed E-state index contributed by atoms with van der Waals surface area (Å²) >= 11 is 0. The lowest BCUT2D eigenvalue weighted by molar-refractivity contribution is -0.155. The van der Waals surface area contributed by atoms with Crippen LogP contribution >= 0.6 is 0 Å². The summed E-state index contributed by atoms with van der Waals surface area (Å²) in [5.74, 6) is -1.23. The summed E-state index contributed by atoms with van der Waals surface area (Å²) in [5.41, 5.74) is 0.0231. The maximum atomic E-state index is 13.6. The molecule has 0 amide bonds. The zero-order valence-corrected chi connectivity index (χ0v) is 28.0. The monoisotopic (exact) mass is 611 g/mol. The highest BCUT2D eigenvalue weighted by atomic mass is 16.5. The minimum Gasteiger partial charge on any atom is -0.464 e. The zero-order chi connectivity index (χ0) is 32.6. The quantitative estimate of drug-likeness (QED) is 0.278. The number of carbonyl (C=O) groups is 4. The van der Waals surface area contributed by atoms with E-state index in [0.29, 0.717) is 18.3 Å². The number of fused-ring (bicyclic) bond motifs is 2.